The number of carbonyl (C=O) groups is 1. The van der Waals surface area contributed by atoms with Crippen LogP contribution in [-0.4, -0.2) is 35.4 Å². The van der Waals surface area contributed by atoms with Crippen molar-refractivity contribution in [3.05, 3.63) is 29.8 Å². The summed E-state index contributed by atoms with van der Waals surface area (Å²) in [6.45, 7) is 6.81. The number of carbonyl (C=O) groups excluding carboxylic acids is 1. The summed E-state index contributed by atoms with van der Waals surface area (Å²) in [5.41, 5.74) is 0.475. The number of hydrogen-bond donors (Lipinski definition) is 3. The van der Waals surface area contributed by atoms with Crippen molar-refractivity contribution in [2.75, 3.05) is 13.2 Å². The molecule has 6 heteroatoms. The molecule has 122 valence electrons. The summed E-state index contributed by atoms with van der Waals surface area (Å²) in [6.07, 6.45) is 0.427. The standard InChI is InChI=1S/C16H24N2O3S/c1-11(2)7-8-21-14-6-4-5-13(9-14)15(20)18-16(22)17-10-12(3)19/h4-6,9,11-12,19H,7-8,10H2,1-3H3,(H2,17,18,20,22). The first kappa shape index (κ1) is 18.4. The quantitative estimate of drug-likeness (QED) is 0.670. The van der Waals surface area contributed by atoms with Crippen molar-refractivity contribution >= 4 is 23.2 Å². The molecular formula is C16H24N2O3S. The fraction of sp³-hybridized carbons (Fsp3) is 0.500. The van der Waals surface area contributed by atoms with Crippen LogP contribution < -0.4 is 15.4 Å². The average molecular weight is 324 g/mol. The van der Waals surface area contributed by atoms with Crippen LogP contribution in [0.1, 0.15) is 37.6 Å². The lowest BCUT2D eigenvalue weighted by Crippen LogP contribution is -2.41. The van der Waals surface area contributed by atoms with Gasteiger partial charge >= 0.3 is 0 Å². The van der Waals surface area contributed by atoms with Crippen LogP contribution in [0.3, 0.4) is 0 Å². The van der Waals surface area contributed by atoms with E-state index in [9.17, 15) is 4.79 Å². The van der Waals surface area contributed by atoms with E-state index in [1.165, 1.54) is 0 Å². The van der Waals surface area contributed by atoms with Gasteiger partial charge in [-0.1, -0.05) is 19.9 Å². The molecule has 0 bridgehead atoms. The Kier molecular flexibility index (Phi) is 7.84. The van der Waals surface area contributed by atoms with Gasteiger partial charge in [0.15, 0.2) is 5.11 Å². The number of amides is 1. The first-order valence-electron chi connectivity index (χ1n) is 7.38. The zero-order chi connectivity index (χ0) is 16.5. The Labute approximate surface area is 137 Å². The Bertz CT molecular complexity index is 504. The molecule has 0 spiro atoms. The zero-order valence-corrected chi connectivity index (χ0v) is 14.1. The molecule has 3 N–H and O–H groups in total. The fourth-order valence-corrected chi connectivity index (χ4v) is 1.78. The molecule has 1 amide bonds. The number of thiocarbonyl (C=S) groups is 1. The summed E-state index contributed by atoms with van der Waals surface area (Å²) in [7, 11) is 0. The lowest BCUT2D eigenvalue weighted by Gasteiger charge is -2.12. The highest BCUT2D eigenvalue weighted by atomic mass is 32.1. The van der Waals surface area contributed by atoms with Crippen molar-refractivity contribution in [3.8, 4) is 5.75 Å². The van der Waals surface area contributed by atoms with E-state index in [-0.39, 0.29) is 17.6 Å². The van der Waals surface area contributed by atoms with E-state index in [1.54, 1.807) is 25.1 Å². The van der Waals surface area contributed by atoms with E-state index < -0.39 is 6.10 Å². The van der Waals surface area contributed by atoms with Crippen molar-refractivity contribution in [3.63, 3.8) is 0 Å². The first-order valence-corrected chi connectivity index (χ1v) is 7.79. The van der Waals surface area contributed by atoms with E-state index >= 15 is 0 Å². The SMILES string of the molecule is CC(C)CCOc1cccc(C(=O)NC(=S)NCC(C)O)c1. The molecule has 0 aliphatic carbocycles. The highest BCUT2D eigenvalue weighted by molar-refractivity contribution is 7.80. The van der Waals surface area contributed by atoms with Crippen LogP contribution in [0.15, 0.2) is 24.3 Å². The minimum atomic E-state index is -0.535. The molecular weight excluding hydrogens is 300 g/mol. The molecule has 1 aromatic carbocycles. The third kappa shape index (κ3) is 7.38. The summed E-state index contributed by atoms with van der Waals surface area (Å²) in [5, 5.41) is 14.7. The second-order valence-corrected chi connectivity index (χ2v) is 5.98. The lowest BCUT2D eigenvalue weighted by atomic mass is 10.1. The van der Waals surface area contributed by atoms with E-state index in [0.29, 0.717) is 23.8 Å². The number of ether oxygens (including phenoxy) is 1. The van der Waals surface area contributed by atoms with Crippen LogP contribution in [-0.2, 0) is 0 Å². The molecule has 1 atom stereocenters. The molecule has 0 aliphatic heterocycles. The maximum absolute atomic E-state index is 12.1. The molecule has 0 radical (unpaired) electrons. The van der Waals surface area contributed by atoms with E-state index in [1.807, 2.05) is 6.07 Å². The summed E-state index contributed by atoms with van der Waals surface area (Å²) in [4.78, 5) is 12.1. The summed E-state index contributed by atoms with van der Waals surface area (Å²) in [5.74, 6) is 0.928. The minimum absolute atomic E-state index is 0.192. The van der Waals surface area contributed by atoms with Gasteiger partial charge in [0.05, 0.1) is 12.7 Å². The largest absolute Gasteiger partial charge is 0.494 e. The van der Waals surface area contributed by atoms with Crippen LogP contribution in [0.4, 0.5) is 0 Å². The molecule has 0 saturated carbocycles. The second kappa shape index (κ2) is 9.38. The Balaban J connectivity index is 2.53. The Morgan fingerprint density at radius 2 is 2.09 bits per heavy atom. The van der Waals surface area contributed by atoms with E-state index in [2.05, 4.69) is 24.5 Å². The number of rotatable bonds is 7. The van der Waals surface area contributed by atoms with Gasteiger partial charge in [0, 0.05) is 12.1 Å². The van der Waals surface area contributed by atoms with Crippen molar-refractivity contribution in [1.82, 2.24) is 10.6 Å². The number of nitrogens with one attached hydrogen (secondary N) is 2. The molecule has 0 fully saturated rings. The molecule has 1 unspecified atom stereocenters. The number of aliphatic hydroxyl groups is 1. The van der Waals surface area contributed by atoms with Gasteiger partial charge in [0.25, 0.3) is 5.91 Å². The zero-order valence-electron chi connectivity index (χ0n) is 13.3. The number of hydrogen-bond acceptors (Lipinski definition) is 4. The molecule has 0 saturated heterocycles. The van der Waals surface area contributed by atoms with Crippen LogP contribution >= 0.6 is 12.2 Å². The monoisotopic (exact) mass is 324 g/mol. The molecule has 5 nitrogen and oxygen atoms in total. The molecule has 0 aliphatic rings. The Morgan fingerprint density at radius 1 is 1.36 bits per heavy atom. The summed E-state index contributed by atoms with van der Waals surface area (Å²) >= 11 is 4.99. The maximum Gasteiger partial charge on any atom is 0.257 e. The second-order valence-electron chi connectivity index (χ2n) is 5.57. The predicted octanol–water partition coefficient (Wildman–Crippen LogP) is 2.10. The van der Waals surface area contributed by atoms with Gasteiger partial charge in [0.2, 0.25) is 0 Å². The van der Waals surface area contributed by atoms with Crippen LogP contribution in [0.5, 0.6) is 5.75 Å². The molecule has 1 rings (SSSR count). The molecule has 0 aromatic heterocycles. The highest BCUT2D eigenvalue weighted by Gasteiger charge is 2.09. The van der Waals surface area contributed by atoms with E-state index in [4.69, 9.17) is 22.1 Å². The maximum atomic E-state index is 12.1. The van der Waals surface area contributed by atoms with Crippen LogP contribution in [0, 0.1) is 5.92 Å². The minimum Gasteiger partial charge on any atom is -0.494 e. The normalized spacial score (nSPS) is 11.9. The Hall–Kier alpha value is -1.66. The molecule has 1 aromatic rings. The van der Waals surface area contributed by atoms with Gasteiger partial charge in [-0.05, 0) is 49.7 Å². The van der Waals surface area contributed by atoms with Gasteiger partial charge in [0.1, 0.15) is 5.75 Å². The topological polar surface area (TPSA) is 70.6 Å². The van der Waals surface area contributed by atoms with Crippen molar-refractivity contribution < 1.29 is 14.6 Å². The smallest absolute Gasteiger partial charge is 0.257 e. The van der Waals surface area contributed by atoms with Gasteiger partial charge < -0.3 is 15.2 Å². The van der Waals surface area contributed by atoms with Gasteiger partial charge in [-0.15, -0.1) is 0 Å². The van der Waals surface area contributed by atoms with Crippen molar-refractivity contribution in [1.29, 1.82) is 0 Å². The predicted molar refractivity (Wildman–Crippen MR) is 91.1 cm³/mol. The van der Waals surface area contributed by atoms with Crippen LogP contribution in [0.25, 0.3) is 0 Å². The van der Waals surface area contributed by atoms with Crippen LogP contribution in [0.2, 0.25) is 0 Å². The third-order valence-electron chi connectivity index (χ3n) is 2.85. The number of benzene rings is 1. The summed E-state index contributed by atoms with van der Waals surface area (Å²) < 4.78 is 5.63. The fourth-order valence-electron chi connectivity index (χ4n) is 1.60. The molecule has 22 heavy (non-hydrogen) atoms. The first-order chi connectivity index (χ1) is 10.4. The van der Waals surface area contributed by atoms with E-state index in [0.717, 1.165) is 6.42 Å². The average Bonchev–Trinajstić information content (AvgIpc) is 2.45. The van der Waals surface area contributed by atoms with Gasteiger partial charge in [-0.2, -0.15) is 0 Å². The van der Waals surface area contributed by atoms with Crippen molar-refractivity contribution in [2.45, 2.75) is 33.3 Å². The summed E-state index contributed by atoms with van der Waals surface area (Å²) in [6, 6.07) is 6.97. The Morgan fingerprint density at radius 3 is 2.73 bits per heavy atom. The van der Waals surface area contributed by atoms with Gasteiger partial charge in [-0.3, -0.25) is 10.1 Å². The lowest BCUT2D eigenvalue weighted by molar-refractivity contribution is 0.0975. The van der Waals surface area contributed by atoms with Crippen molar-refractivity contribution in [2.24, 2.45) is 5.92 Å². The van der Waals surface area contributed by atoms with Gasteiger partial charge in [-0.25, -0.2) is 0 Å². The number of aliphatic hydroxyl groups excluding tert-OH is 1. The highest BCUT2D eigenvalue weighted by Crippen LogP contribution is 2.14. The molecule has 0 heterocycles. The third-order valence-corrected chi connectivity index (χ3v) is 3.09.